The van der Waals surface area contributed by atoms with Crippen LogP contribution >= 0.6 is 11.6 Å². The van der Waals surface area contributed by atoms with E-state index in [1.165, 1.54) is 0 Å². The number of rotatable bonds is 3. The number of carbonyl (C=O) groups is 1. The first kappa shape index (κ1) is 11.7. The van der Waals surface area contributed by atoms with Crippen LogP contribution in [0.2, 0.25) is 0 Å². The summed E-state index contributed by atoms with van der Waals surface area (Å²) in [5, 5.41) is 4.68. The molecule has 2 rings (SSSR count). The molecule has 3 nitrogen and oxygen atoms in total. The monoisotopic (exact) mass is 249 g/mol. The topological polar surface area (TPSA) is 38.3 Å². The van der Waals surface area contributed by atoms with Crippen molar-refractivity contribution in [1.29, 1.82) is 0 Å². The van der Waals surface area contributed by atoms with Crippen LogP contribution in [0.15, 0.2) is 42.5 Å². The first-order valence-electron chi connectivity index (χ1n) is 5.30. The van der Waals surface area contributed by atoms with Crippen molar-refractivity contribution < 1.29 is 9.53 Å². The number of ether oxygens (including phenoxy) is 1. The largest absolute Gasteiger partial charge is 0.412 e. The third-order valence-electron chi connectivity index (χ3n) is 2.30. The molecule has 4 heteroatoms. The van der Waals surface area contributed by atoms with Crippen LogP contribution in [0.1, 0.15) is 0 Å². The van der Waals surface area contributed by atoms with Gasteiger partial charge in [0.2, 0.25) is 0 Å². The van der Waals surface area contributed by atoms with Crippen molar-refractivity contribution in [2.45, 2.75) is 0 Å². The van der Waals surface area contributed by atoms with Crippen molar-refractivity contribution in [3.05, 3.63) is 42.5 Å². The molecule has 0 spiro atoms. The summed E-state index contributed by atoms with van der Waals surface area (Å²) in [7, 11) is 0. The van der Waals surface area contributed by atoms with E-state index in [4.69, 9.17) is 16.3 Å². The number of amides is 1. The van der Waals surface area contributed by atoms with E-state index in [9.17, 15) is 4.79 Å². The molecule has 1 amide bonds. The van der Waals surface area contributed by atoms with E-state index in [0.29, 0.717) is 18.2 Å². The van der Waals surface area contributed by atoms with Crippen LogP contribution in [0, 0.1) is 0 Å². The van der Waals surface area contributed by atoms with E-state index in [-0.39, 0.29) is 0 Å². The zero-order valence-electron chi connectivity index (χ0n) is 9.15. The Hall–Kier alpha value is -1.74. The zero-order valence-corrected chi connectivity index (χ0v) is 9.91. The Morgan fingerprint density at radius 1 is 1.18 bits per heavy atom. The first-order chi connectivity index (χ1) is 8.29. The van der Waals surface area contributed by atoms with Crippen LogP contribution in [-0.4, -0.2) is 18.5 Å². The van der Waals surface area contributed by atoms with E-state index in [2.05, 4.69) is 5.32 Å². The van der Waals surface area contributed by atoms with Crippen LogP contribution < -0.4 is 10.1 Å². The molecule has 0 atom stereocenters. The lowest BCUT2D eigenvalue weighted by atomic mass is 10.1. The predicted octanol–water partition coefficient (Wildman–Crippen LogP) is 3.17. The Balaban J connectivity index is 2.11. The Kier molecular flexibility index (Phi) is 3.83. The molecule has 0 aromatic heterocycles. The van der Waals surface area contributed by atoms with E-state index < -0.39 is 6.09 Å². The molecule has 2 aromatic rings. The first-order valence-corrected chi connectivity index (χ1v) is 5.83. The Labute approximate surface area is 104 Å². The fourth-order valence-electron chi connectivity index (χ4n) is 1.52. The minimum absolute atomic E-state index is 0.368. The standard InChI is InChI=1S/C13H12ClNO2/c14-7-8-15-13(16)17-12-6-5-10-3-1-2-4-11(10)9-12/h1-6,9H,7-8H2,(H,15,16). The van der Waals surface area contributed by atoms with Gasteiger partial charge < -0.3 is 10.1 Å². The van der Waals surface area contributed by atoms with E-state index in [0.717, 1.165) is 10.8 Å². The summed E-state index contributed by atoms with van der Waals surface area (Å²) < 4.78 is 5.12. The molecular formula is C13H12ClNO2. The highest BCUT2D eigenvalue weighted by molar-refractivity contribution is 6.18. The Morgan fingerprint density at radius 2 is 1.94 bits per heavy atom. The molecule has 0 aliphatic heterocycles. The quantitative estimate of drug-likeness (QED) is 0.849. The molecule has 0 unspecified atom stereocenters. The normalized spacial score (nSPS) is 10.2. The SMILES string of the molecule is O=C(NCCCl)Oc1ccc2ccccc2c1. The molecule has 88 valence electrons. The maximum absolute atomic E-state index is 11.3. The molecule has 0 bridgehead atoms. The third kappa shape index (κ3) is 3.11. The van der Waals surface area contributed by atoms with Gasteiger partial charge in [0.25, 0.3) is 0 Å². The summed E-state index contributed by atoms with van der Waals surface area (Å²) >= 11 is 5.46. The van der Waals surface area contributed by atoms with Gasteiger partial charge in [-0.05, 0) is 22.9 Å². The van der Waals surface area contributed by atoms with Crippen LogP contribution in [0.3, 0.4) is 0 Å². The molecule has 0 fully saturated rings. The second-order valence-electron chi connectivity index (χ2n) is 3.51. The molecule has 2 aromatic carbocycles. The van der Waals surface area contributed by atoms with Crippen LogP contribution in [0.25, 0.3) is 10.8 Å². The number of carbonyl (C=O) groups excluding carboxylic acids is 1. The number of nitrogens with one attached hydrogen (secondary N) is 1. The number of hydrogen-bond donors (Lipinski definition) is 1. The van der Waals surface area contributed by atoms with Crippen molar-refractivity contribution in [2.24, 2.45) is 0 Å². The van der Waals surface area contributed by atoms with E-state index in [1.54, 1.807) is 6.07 Å². The molecule has 17 heavy (non-hydrogen) atoms. The van der Waals surface area contributed by atoms with Gasteiger partial charge in [-0.15, -0.1) is 11.6 Å². The number of fused-ring (bicyclic) bond motifs is 1. The molecule has 0 saturated heterocycles. The lowest BCUT2D eigenvalue weighted by Gasteiger charge is -2.06. The van der Waals surface area contributed by atoms with Gasteiger partial charge in [-0.1, -0.05) is 30.3 Å². The minimum Gasteiger partial charge on any atom is -0.410 e. The highest BCUT2D eigenvalue weighted by atomic mass is 35.5. The van der Waals surface area contributed by atoms with Crippen LogP contribution in [0.4, 0.5) is 4.79 Å². The van der Waals surface area contributed by atoms with Crippen LogP contribution in [-0.2, 0) is 0 Å². The number of halogens is 1. The van der Waals surface area contributed by atoms with E-state index >= 15 is 0 Å². The number of hydrogen-bond acceptors (Lipinski definition) is 2. The minimum atomic E-state index is -0.485. The molecule has 0 saturated carbocycles. The van der Waals surface area contributed by atoms with Crippen molar-refractivity contribution in [3.8, 4) is 5.75 Å². The average molecular weight is 250 g/mol. The second kappa shape index (κ2) is 5.55. The Morgan fingerprint density at radius 3 is 2.71 bits per heavy atom. The van der Waals surface area contributed by atoms with Gasteiger partial charge in [0.05, 0.1) is 0 Å². The summed E-state index contributed by atoms with van der Waals surface area (Å²) in [6.45, 7) is 0.397. The smallest absolute Gasteiger partial charge is 0.410 e. The highest BCUT2D eigenvalue weighted by Gasteiger charge is 2.03. The summed E-state index contributed by atoms with van der Waals surface area (Å²) in [6, 6.07) is 13.4. The van der Waals surface area contributed by atoms with Gasteiger partial charge in [-0.3, -0.25) is 0 Å². The van der Waals surface area contributed by atoms with Crippen LogP contribution in [0.5, 0.6) is 5.75 Å². The summed E-state index contributed by atoms with van der Waals surface area (Å²) in [4.78, 5) is 11.3. The fraction of sp³-hybridized carbons (Fsp3) is 0.154. The van der Waals surface area contributed by atoms with Crippen molar-refractivity contribution in [2.75, 3.05) is 12.4 Å². The maximum atomic E-state index is 11.3. The predicted molar refractivity (Wildman–Crippen MR) is 68.7 cm³/mol. The number of benzene rings is 2. The van der Waals surface area contributed by atoms with Gasteiger partial charge in [-0.25, -0.2) is 4.79 Å². The summed E-state index contributed by atoms with van der Waals surface area (Å²) in [6.07, 6.45) is -0.485. The second-order valence-corrected chi connectivity index (χ2v) is 3.89. The highest BCUT2D eigenvalue weighted by Crippen LogP contribution is 2.20. The third-order valence-corrected chi connectivity index (χ3v) is 2.48. The van der Waals surface area contributed by atoms with Gasteiger partial charge in [0, 0.05) is 12.4 Å². The van der Waals surface area contributed by atoms with Gasteiger partial charge in [-0.2, -0.15) is 0 Å². The molecule has 0 aliphatic carbocycles. The van der Waals surface area contributed by atoms with Gasteiger partial charge in [0.15, 0.2) is 0 Å². The summed E-state index contributed by atoms with van der Waals surface area (Å²) in [5.41, 5.74) is 0. The van der Waals surface area contributed by atoms with Gasteiger partial charge >= 0.3 is 6.09 Å². The van der Waals surface area contributed by atoms with Crippen molar-refractivity contribution in [1.82, 2.24) is 5.32 Å². The van der Waals surface area contributed by atoms with Gasteiger partial charge in [0.1, 0.15) is 5.75 Å². The lowest BCUT2D eigenvalue weighted by Crippen LogP contribution is -2.28. The average Bonchev–Trinajstić information content (AvgIpc) is 2.36. The number of alkyl halides is 1. The summed E-state index contributed by atoms with van der Waals surface area (Å²) in [5.74, 6) is 0.892. The molecule has 1 N–H and O–H groups in total. The molecule has 0 aliphatic rings. The maximum Gasteiger partial charge on any atom is 0.412 e. The zero-order chi connectivity index (χ0) is 12.1. The van der Waals surface area contributed by atoms with Crippen molar-refractivity contribution in [3.63, 3.8) is 0 Å². The molecule has 0 radical (unpaired) electrons. The van der Waals surface area contributed by atoms with Crippen molar-refractivity contribution >= 4 is 28.5 Å². The lowest BCUT2D eigenvalue weighted by molar-refractivity contribution is 0.201. The molecule has 0 heterocycles. The molecular weight excluding hydrogens is 238 g/mol. The Bertz CT molecular complexity index is 528. The van der Waals surface area contributed by atoms with E-state index in [1.807, 2.05) is 36.4 Å². The fourth-order valence-corrected chi connectivity index (χ4v) is 1.62.